The van der Waals surface area contributed by atoms with Crippen LogP contribution in [0.4, 0.5) is 5.82 Å². The van der Waals surface area contributed by atoms with Gasteiger partial charge in [0, 0.05) is 18.1 Å². The Kier molecular flexibility index (Phi) is 5.50. The minimum absolute atomic E-state index is 0.460. The number of rotatable bonds is 6. The first kappa shape index (κ1) is 17.8. The molecular weight excluding hydrogens is 334 g/mol. The summed E-state index contributed by atoms with van der Waals surface area (Å²) in [6, 6.07) is 14.2. The molecule has 0 unspecified atom stereocenters. The van der Waals surface area contributed by atoms with Gasteiger partial charge in [0.25, 0.3) is 5.82 Å². The Labute approximate surface area is 160 Å². The van der Waals surface area contributed by atoms with Crippen molar-refractivity contribution in [2.45, 2.75) is 51.2 Å². The molecule has 3 aromatic rings. The number of hydrogen-bond donors (Lipinski definition) is 0. The Morgan fingerprint density at radius 1 is 1.07 bits per heavy atom. The summed E-state index contributed by atoms with van der Waals surface area (Å²) in [7, 11) is 0. The van der Waals surface area contributed by atoms with Crippen molar-refractivity contribution in [2.75, 3.05) is 6.61 Å². The van der Waals surface area contributed by atoms with Crippen molar-refractivity contribution in [3.8, 4) is 0 Å². The van der Waals surface area contributed by atoms with E-state index in [1.165, 1.54) is 48.6 Å². The Hall–Kier alpha value is -2.64. The monoisotopic (exact) mass is 359 g/mol. The molecule has 4 heteroatoms. The van der Waals surface area contributed by atoms with Gasteiger partial charge in [-0.1, -0.05) is 62.2 Å². The Bertz CT molecular complexity index is 933. The fourth-order valence-corrected chi connectivity index (χ4v) is 4.08. The largest absolute Gasteiger partial charge is 0.375 e. The molecule has 1 aliphatic carbocycles. The van der Waals surface area contributed by atoms with Gasteiger partial charge in [0.05, 0.1) is 13.2 Å². The highest BCUT2D eigenvalue weighted by atomic mass is 16.5. The van der Waals surface area contributed by atoms with Crippen LogP contribution >= 0.6 is 0 Å². The second-order valence-corrected chi connectivity index (χ2v) is 7.30. The number of hydrogen-bond acceptors (Lipinski definition) is 2. The summed E-state index contributed by atoms with van der Waals surface area (Å²) in [5, 5.41) is 1.21. The molecule has 27 heavy (non-hydrogen) atoms. The van der Waals surface area contributed by atoms with Crippen LogP contribution in [0.25, 0.3) is 15.9 Å². The van der Waals surface area contributed by atoms with Gasteiger partial charge >= 0.3 is 0 Å². The minimum atomic E-state index is 0.460. The zero-order chi connectivity index (χ0) is 18.5. The van der Waals surface area contributed by atoms with Crippen molar-refractivity contribution in [2.24, 2.45) is 0 Å². The summed E-state index contributed by atoms with van der Waals surface area (Å²) in [5.41, 5.74) is 3.51. The van der Waals surface area contributed by atoms with Gasteiger partial charge in [0.1, 0.15) is 0 Å². The lowest BCUT2D eigenvalue weighted by Gasteiger charge is -2.20. The second-order valence-electron chi connectivity index (χ2n) is 7.30. The lowest BCUT2D eigenvalue weighted by molar-refractivity contribution is 0.114. The van der Waals surface area contributed by atoms with Gasteiger partial charge in [-0.2, -0.15) is 0 Å². The summed E-state index contributed by atoms with van der Waals surface area (Å²) in [5.74, 6) is 1.08. The number of aromatic nitrogens is 2. The molecular formula is C23H25N3O. The summed E-state index contributed by atoms with van der Waals surface area (Å²) in [4.78, 5) is 8.11. The third kappa shape index (κ3) is 4.04. The Morgan fingerprint density at radius 3 is 2.67 bits per heavy atom. The molecule has 0 saturated heterocycles. The molecule has 0 amide bonds. The van der Waals surface area contributed by atoms with Crippen LogP contribution in [-0.2, 0) is 17.9 Å². The summed E-state index contributed by atoms with van der Waals surface area (Å²) < 4.78 is 8.05. The van der Waals surface area contributed by atoms with Gasteiger partial charge in [-0.15, -0.1) is 4.98 Å². The van der Waals surface area contributed by atoms with Crippen LogP contribution in [0.2, 0.25) is 0 Å². The maximum atomic E-state index is 7.28. The Balaban J connectivity index is 1.52. The normalized spacial score (nSPS) is 15.1. The molecule has 1 saturated carbocycles. The van der Waals surface area contributed by atoms with E-state index in [4.69, 9.17) is 11.3 Å². The van der Waals surface area contributed by atoms with Gasteiger partial charge in [-0.25, -0.2) is 0 Å². The Morgan fingerprint density at radius 2 is 1.89 bits per heavy atom. The van der Waals surface area contributed by atoms with E-state index in [1.807, 2.05) is 24.3 Å². The van der Waals surface area contributed by atoms with Gasteiger partial charge in [0.15, 0.2) is 0 Å². The molecule has 0 bridgehead atoms. The highest BCUT2D eigenvalue weighted by molar-refractivity contribution is 5.83. The van der Waals surface area contributed by atoms with E-state index in [0.717, 1.165) is 12.2 Å². The van der Waals surface area contributed by atoms with Crippen molar-refractivity contribution in [3.05, 3.63) is 71.2 Å². The third-order valence-corrected chi connectivity index (χ3v) is 5.49. The molecule has 0 spiro atoms. The zero-order valence-electron chi connectivity index (χ0n) is 15.6. The van der Waals surface area contributed by atoms with E-state index in [9.17, 15) is 0 Å². The van der Waals surface area contributed by atoms with Crippen molar-refractivity contribution in [1.82, 2.24) is 9.55 Å². The molecule has 0 N–H and O–H groups in total. The molecule has 0 aliphatic heterocycles. The van der Waals surface area contributed by atoms with E-state index < -0.39 is 0 Å². The average Bonchev–Trinajstić information content (AvgIpc) is 3.10. The van der Waals surface area contributed by atoms with Gasteiger partial charge in [0.2, 0.25) is 5.65 Å². The standard InChI is InChI=1S/C23H25N3O/c1-24-22-13-12-20-21(19-10-6-3-7-11-19)16-26(23(20)25-22)14-15-27-17-18-8-4-2-5-9-18/h2,4-5,8-9,12-13,16,19H,3,6-7,10-11,14-15,17H2. The number of pyridine rings is 1. The lowest BCUT2D eigenvalue weighted by Crippen LogP contribution is -2.06. The lowest BCUT2D eigenvalue weighted by atomic mass is 9.84. The maximum absolute atomic E-state index is 7.28. The van der Waals surface area contributed by atoms with Gasteiger partial charge < -0.3 is 14.1 Å². The van der Waals surface area contributed by atoms with Crippen LogP contribution in [0.15, 0.2) is 48.7 Å². The average molecular weight is 359 g/mol. The van der Waals surface area contributed by atoms with Crippen molar-refractivity contribution in [3.63, 3.8) is 0 Å². The number of nitrogens with zero attached hydrogens (tertiary/aromatic N) is 3. The molecule has 1 fully saturated rings. The first-order valence-corrected chi connectivity index (χ1v) is 9.84. The molecule has 2 heterocycles. The van der Waals surface area contributed by atoms with Crippen LogP contribution in [-0.4, -0.2) is 16.2 Å². The SMILES string of the molecule is [C-]#[N+]c1ccc2c(C3CCCCC3)cn(CCOCc3ccccc3)c2n1. The predicted octanol–water partition coefficient (Wildman–Crippen LogP) is 5.85. The van der Waals surface area contributed by atoms with E-state index >= 15 is 0 Å². The summed E-state index contributed by atoms with van der Waals surface area (Å²) in [6.45, 7) is 9.29. The fourth-order valence-electron chi connectivity index (χ4n) is 4.08. The van der Waals surface area contributed by atoms with Gasteiger partial charge in [-0.3, -0.25) is 0 Å². The number of benzene rings is 1. The summed E-state index contributed by atoms with van der Waals surface area (Å²) in [6.07, 6.45) is 8.74. The van der Waals surface area contributed by atoms with E-state index in [-0.39, 0.29) is 0 Å². The molecule has 0 atom stereocenters. The molecule has 2 aromatic heterocycles. The maximum Gasteiger partial charge on any atom is 0.271 e. The molecule has 0 radical (unpaired) electrons. The zero-order valence-corrected chi connectivity index (χ0v) is 15.6. The molecule has 1 aromatic carbocycles. The van der Waals surface area contributed by atoms with E-state index in [2.05, 4.69) is 38.8 Å². The van der Waals surface area contributed by atoms with Crippen molar-refractivity contribution in [1.29, 1.82) is 0 Å². The first-order valence-electron chi connectivity index (χ1n) is 9.84. The topological polar surface area (TPSA) is 31.4 Å². The predicted molar refractivity (Wildman–Crippen MR) is 108 cm³/mol. The third-order valence-electron chi connectivity index (χ3n) is 5.49. The molecule has 4 rings (SSSR count). The second kappa shape index (κ2) is 8.37. The molecule has 4 nitrogen and oxygen atoms in total. The van der Waals surface area contributed by atoms with Crippen LogP contribution in [0.3, 0.4) is 0 Å². The minimum Gasteiger partial charge on any atom is -0.375 e. The van der Waals surface area contributed by atoms with E-state index in [1.54, 1.807) is 0 Å². The fraction of sp³-hybridized carbons (Fsp3) is 0.391. The van der Waals surface area contributed by atoms with Gasteiger partial charge in [-0.05, 0) is 36.0 Å². The van der Waals surface area contributed by atoms with Crippen LogP contribution in [0.1, 0.15) is 49.1 Å². The first-order chi connectivity index (χ1) is 13.3. The summed E-state index contributed by atoms with van der Waals surface area (Å²) >= 11 is 0. The van der Waals surface area contributed by atoms with E-state index in [0.29, 0.717) is 24.9 Å². The number of ether oxygens (including phenoxy) is 1. The van der Waals surface area contributed by atoms with Crippen molar-refractivity contribution >= 4 is 16.9 Å². The van der Waals surface area contributed by atoms with Crippen LogP contribution in [0, 0.1) is 6.57 Å². The smallest absolute Gasteiger partial charge is 0.271 e. The number of fused-ring (bicyclic) bond motifs is 1. The molecule has 138 valence electrons. The molecule has 1 aliphatic rings. The van der Waals surface area contributed by atoms with Crippen LogP contribution < -0.4 is 0 Å². The van der Waals surface area contributed by atoms with Crippen LogP contribution in [0.5, 0.6) is 0 Å². The quantitative estimate of drug-likeness (QED) is 0.408. The highest BCUT2D eigenvalue weighted by Gasteiger charge is 2.22. The highest BCUT2D eigenvalue weighted by Crippen LogP contribution is 2.37. The van der Waals surface area contributed by atoms with Crippen molar-refractivity contribution < 1.29 is 4.74 Å².